The second-order valence-corrected chi connectivity index (χ2v) is 5.61. The smallest absolute Gasteiger partial charge is 0.331 e. The van der Waals surface area contributed by atoms with Gasteiger partial charge >= 0.3 is 5.97 Å². The van der Waals surface area contributed by atoms with Crippen LogP contribution in [0.25, 0.3) is 0 Å². The fraction of sp³-hybridized carbons (Fsp3) is 0.467. The molecule has 1 atom stereocenters. The lowest BCUT2D eigenvalue weighted by Gasteiger charge is -2.33. The van der Waals surface area contributed by atoms with Crippen LogP contribution in [-0.4, -0.2) is 55.9 Å². The predicted molar refractivity (Wildman–Crippen MR) is 81.3 cm³/mol. The molecule has 0 aliphatic carbocycles. The number of carbonyl (C=O) groups is 2. The summed E-state index contributed by atoms with van der Waals surface area (Å²) in [5, 5.41) is 0. The first-order valence-electron chi connectivity index (χ1n) is 6.71. The number of carbonyl (C=O) groups excluding carboxylic acids is 2. The van der Waals surface area contributed by atoms with E-state index in [1.165, 1.54) is 17.6 Å². The van der Waals surface area contributed by atoms with E-state index >= 15 is 0 Å². The monoisotopic (exact) mass is 309 g/mol. The first-order valence-corrected chi connectivity index (χ1v) is 8.11. The summed E-state index contributed by atoms with van der Waals surface area (Å²) in [6, 6.07) is 6.83. The Morgan fingerprint density at radius 1 is 1.38 bits per heavy atom. The van der Waals surface area contributed by atoms with Gasteiger partial charge in [-0.2, -0.15) is 11.8 Å². The number of amides is 1. The van der Waals surface area contributed by atoms with Crippen molar-refractivity contribution in [2.45, 2.75) is 11.8 Å². The number of hydrogen-bond donors (Lipinski definition) is 0. The van der Waals surface area contributed by atoms with Crippen LogP contribution in [0.3, 0.4) is 0 Å². The molecule has 1 heterocycles. The minimum absolute atomic E-state index is 0.163. The zero-order valence-electron chi connectivity index (χ0n) is 12.2. The molecule has 5 nitrogen and oxygen atoms in total. The molecule has 2 rings (SSSR count). The molecule has 21 heavy (non-hydrogen) atoms. The molecule has 0 N–H and O–H groups in total. The Balaban J connectivity index is 2.14. The highest BCUT2D eigenvalue weighted by molar-refractivity contribution is 7.97. The molecule has 0 bridgehead atoms. The maximum absolute atomic E-state index is 12.6. The van der Waals surface area contributed by atoms with Gasteiger partial charge in [0.25, 0.3) is 5.91 Å². The van der Waals surface area contributed by atoms with Crippen LogP contribution in [-0.2, 0) is 20.0 Å². The lowest BCUT2D eigenvalue weighted by molar-refractivity contribution is -0.151. The number of rotatable bonds is 4. The third-order valence-corrected chi connectivity index (χ3v) is 4.00. The summed E-state index contributed by atoms with van der Waals surface area (Å²) in [7, 11) is 1.32. The molecule has 1 aliphatic heterocycles. The molecule has 6 heteroatoms. The fourth-order valence-electron chi connectivity index (χ4n) is 2.25. The molecule has 1 amide bonds. The average Bonchev–Trinajstić information content (AvgIpc) is 2.54. The van der Waals surface area contributed by atoms with Gasteiger partial charge in [0.05, 0.1) is 20.3 Å². The molecule has 1 aliphatic rings. The molecule has 0 spiro atoms. The molecule has 1 aromatic rings. The number of ether oxygens (including phenoxy) is 2. The van der Waals surface area contributed by atoms with E-state index in [1.807, 2.05) is 18.4 Å². The Morgan fingerprint density at radius 2 is 2.10 bits per heavy atom. The first kappa shape index (κ1) is 15.9. The number of thioether (sulfide) groups is 1. The number of morpholine rings is 1. The molecular formula is C15H19NO4S. The van der Waals surface area contributed by atoms with E-state index in [-0.39, 0.29) is 12.5 Å². The average molecular weight is 309 g/mol. The molecule has 0 aromatic heterocycles. The molecule has 114 valence electrons. The highest BCUT2D eigenvalue weighted by Gasteiger charge is 2.34. The van der Waals surface area contributed by atoms with Crippen LogP contribution in [0.5, 0.6) is 0 Å². The van der Waals surface area contributed by atoms with Gasteiger partial charge in [-0.05, 0) is 24.0 Å². The SMILES string of the molecule is COC(=O)C1COCCN1C(=O)c1ccc(CSC)cc1. The van der Waals surface area contributed by atoms with E-state index in [4.69, 9.17) is 9.47 Å². The van der Waals surface area contributed by atoms with Crippen molar-refractivity contribution >= 4 is 23.6 Å². The zero-order valence-corrected chi connectivity index (χ0v) is 13.0. The third-order valence-electron chi connectivity index (χ3n) is 3.37. The predicted octanol–water partition coefficient (Wildman–Crippen LogP) is 1.56. The molecular weight excluding hydrogens is 290 g/mol. The van der Waals surface area contributed by atoms with Crippen molar-refractivity contribution in [1.82, 2.24) is 4.90 Å². The van der Waals surface area contributed by atoms with Gasteiger partial charge in [-0.15, -0.1) is 0 Å². The minimum atomic E-state index is -0.665. The summed E-state index contributed by atoms with van der Waals surface area (Å²) in [5.41, 5.74) is 1.75. The van der Waals surface area contributed by atoms with Crippen molar-refractivity contribution in [1.29, 1.82) is 0 Å². The Bertz CT molecular complexity index is 503. The van der Waals surface area contributed by atoms with Crippen LogP contribution < -0.4 is 0 Å². The van der Waals surface area contributed by atoms with Gasteiger partial charge in [-0.25, -0.2) is 4.79 Å². The van der Waals surface area contributed by atoms with Crippen LogP contribution in [0.4, 0.5) is 0 Å². The van der Waals surface area contributed by atoms with Crippen molar-refractivity contribution in [2.75, 3.05) is 33.1 Å². The van der Waals surface area contributed by atoms with E-state index in [9.17, 15) is 9.59 Å². The second-order valence-electron chi connectivity index (χ2n) is 4.74. The summed E-state index contributed by atoms with van der Waals surface area (Å²) in [5.74, 6) is 0.308. The van der Waals surface area contributed by atoms with E-state index < -0.39 is 12.0 Å². The van der Waals surface area contributed by atoms with E-state index in [1.54, 1.807) is 23.9 Å². The van der Waals surface area contributed by atoms with Gasteiger partial charge in [0.1, 0.15) is 0 Å². The summed E-state index contributed by atoms with van der Waals surface area (Å²) < 4.78 is 10.0. The van der Waals surface area contributed by atoms with Crippen molar-refractivity contribution in [3.05, 3.63) is 35.4 Å². The quantitative estimate of drug-likeness (QED) is 0.790. The third kappa shape index (κ3) is 3.77. The molecule has 1 fully saturated rings. The fourth-order valence-corrected chi connectivity index (χ4v) is 2.78. The van der Waals surface area contributed by atoms with Gasteiger partial charge in [0.15, 0.2) is 6.04 Å². The minimum Gasteiger partial charge on any atom is -0.467 e. The number of methoxy groups -OCH3 is 1. The molecule has 1 aromatic carbocycles. The number of benzene rings is 1. The Hall–Kier alpha value is -1.53. The largest absolute Gasteiger partial charge is 0.467 e. The highest BCUT2D eigenvalue weighted by Crippen LogP contribution is 2.16. The van der Waals surface area contributed by atoms with E-state index in [0.717, 1.165) is 5.75 Å². The van der Waals surface area contributed by atoms with Gasteiger partial charge in [-0.3, -0.25) is 4.79 Å². The standard InChI is InChI=1S/C15H19NO4S/c1-19-15(18)13-9-20-8-7-16(13)14(17)12-5-3-11(4-6-12)10-21-2/h3-6,13H,7-10H2,1-2H3. The van der Waals surface area contributed by atoms with Gasteiger partial charge in [-0.1, -0.05) is 12.1 Å². The molecule has 1 unspecified atom stereocenters. The van der Waals surface area contributed by atoms with Gasteiger partial charge in [0.2, 0.25) is 0 Å². The highest BCUT2D eigenvalue weighted by atomic mass is 32.2. The van der Waals surface area contributed by atoms with E-state index in [0.29, 0.717) is 18.7 Å². The Kier molecular flexibility index (Phi) is 5.64. The molecule has 1 saturated heterocycles. The second kappa shape index (κ2) is 7.47. The van der Waals surface area contributed by atoms with Crippen molar-refractivity contribution < 1.29 is 19.1 Å². The van der Waals surface area contributed by atoms with Crippen LogP contribution in [0.15, 0.2) is 24.3 Å². The summed E-state index contributed by atoms with van der Waals surface area (Å²) >= 11 is 1.73. The number of nitrogens with zero attached hydrogens (tertiary/aromatic N) is 1. The topological polar surface area (TPSA) is 55.8 Å². The summed E-state index contributed by atoms with van der Waals surface area (Å²) in [6.07, 6.45) is 2.04. The van der Waals surface area contributed by atoms with Crippen LogP contribution >= 0.6 is 11.8 Å². The molecule has 0 saturated carbocycles. The maximum Gasteiger partial charge on any atom is 0.331 e. The normalized spacial score (nSPS) is 18.4. The number of hydrogen-bond acceptors (Lipinski definition) is 5. The summed E-state index contributed by atoms with van der Waals surface area (Å²) in [6.45, 7) is 1.01. The zero-order chi connectivity index (χ0) is 15.2. The maximum atomic E-state index is 12.6. The summed E-state index contributed by atoms with van der Waals surface area (Å²) in [4.78, 5) is 25.8. The van der Waals surface area contributed by atoms with Gasteiger partial charge < -0.3 is 14.4 Å². The molecule has 0 radical (unpaired) electrons. The van der Waals surface area contributed by atoms with Crippen LogP contribution in [0, 0.1) is 0 Å². The number of esters is 1. The van der Waals surface area contributed by atoms with E-state index in [2.05, 4.69) is 0 Å². The van der Waals surface area contributed by atoms with Crippen LogP contribution in [0.1, 0.15) is 15.9 Å². The van der Waals surface area contributed by atoms with Crippen molar-refractivity contribution in [2.24, 2.45) is 0 Å². The van der Waals surface area contributed by atoms with Crippen molar-refractivity contribution in [3.63, 3.8) is 0 Å². The first-order chi connectivity index (χ1) is 10.2. The van der Waals surface area contributed by atoms with Crippen molar-refractivity contribution in [3.8, 4) is 0 Å². The Morgan fingerprint density at radius 3 is 2.71 bits per heavy atom. The lowest BCUT2D eigenvalue weighted by atomic mass is 10.1. The lowest BCUT2D eigenvalue weighted by Crippen LogP contribution is -2.53. The van der Waals surface area contributed by atoms with Crippen LogP contribution in [0.2, 0.25) is 0 Å². The Labute approximate surface area is 128 Å². The van der Waals surface area contributed by atoms with Gasteiger partial charge in [0, 0.05) is 17.9 Å².